The van der Waals surface area contributed by atoms with Crippen LogP contribution in [0.15, 0.2) is 36.5 Å². The summed E-state index contributed by atoms with van der Waals surface area (Å²) in [6, 6.07) is 9.25. The molecule has 19 heavy (non-hydrogen) atoms. The van der Waals surface area contributed by atoms with E-state index >= 15 is 0 Å². The van der Waals surface area contributed by atoms with Crippen LogP contribution in [0.2, 0.25) is 5.02 Å². The first-order chi connectivity index (χ1) is 9.00. The van der Waals surface area contributed by atoms with E-state index in [0.717, 1.165) is 11.3 Å². The average molecular weight is 278 g/mol. The fraction of sp³-hybridized carbons (Fsp3) is 0.267. The SMILES string of the molecule is CC(C)c1c(C(=O)O)ccn1Cc1ccccc1Cl. The van der Waals surface area contributed by atoms with E-state index in [0.29, 0.717) is 17.1 Å². The highest BCUT2D eigenvalue weighted by Crippen LogP contribution is 2.24. The standard InChI is InChI=1S/C15H16ClNO2/c1-10(2)14-12(15(18)19)7-8-17(14)9-11-5-3-4-6-13(11)16/h3-8,10H,9H2,1-2H3,(H,18,19). The zero-order valence-electron chi connectivity index (χ0n) is 10.9. The Bertz CT molecular complexity index is 602. The summed E-state index contributed by atoms with van der Waals surface area (Å²) < 4.78 is 1.95. The molecule has 0 aliphatic carbocycles. The third-order valence-electron chi connectivity index (χ3n) is 3.08. The van der Waals surface area contributed by atoms with E-state index in [2.05, 4.69) is 0 Å². The minimum atomic E-state index is -0.887. The molecule has 2 aromatic rings. The van der Waals surface area contributed by atoms with Gasteiger partial charge in [-0.05, 0) is 23.6 Å². The Hall–Kier alpha value is -1.74. The van der Waals surface area contributed by atoms with Crippen LogP contribution in [-0.4, -0.2) is 15.6 Å². The molecule has 0 atom stereocenters. The first-order valence-corrected chi connectivity index (χ1v) is 6.54. The van der Waals surface area contributed by atoms with Crippen LogP contribution in [-0.2, 0) is 6.54 Å². The van der Waals surface area contributed by atoms with Gasteiger partial charge in [0.2, 0.25) is 0 Å². The first kappa shape index (κ1) is 13.7. The number of halogens is 1. The van der Waals surface area contributed by atoms with Crippen LogP contribution in [0.25, 0.3) is 0 Å². The topological polar surface area (TPSA) is 42.2 Å². The van der Waals surface area contributed by atoms with Gasteiger partial charge >= 0.3 is 5.97 Å². The summed E-state index contributed by atoms with van der Waals surface area (Å²) in [6.07, 6.45) is 1.81. The number of carboxylic acids is 1. The maximum absolute atomic E-state index is 11.2. The molecule has 4 heteroatoms. The van der Waals surface area contributed by atoms with Gasteiger partial charge in [0, 0.05) is 23.5 Å². The smallest absolute Gasteiger partial charge is 0.337 e. The van der Waals surface area contributed by atoms with Crippen molar-refractivity contribution < 1.29 is 9.90 Å². The Morgan fingerprint density at radius 2 is 2.00 bits per heavy atom. The quantitative estimate of drug-likeness (QED) is 0.917. The van der Waals surface area contributed by atoms with Gasteiger partial charge in [0.05, 0.1) is 5.56 Å². The number of hydrogen-bond donors (Lipinski definition) is 1. The highest BCUT2D eigenvalue weighted by Gasteiger charge is 2.18. The predicted molar refractivity (Wildman–Crippen MR) is 76.0 cm³/mol. The maximum atomic E-state index is 11.2. The number of nitrogens with zero attached hydrogens (tertiary/aromatic N) is 1. The lowest BCUT2D eigenvalue weighted by Gasteiger charge is -2.14. The molecule has 2 rings (SSSR count). The summed E-state index contributed by atoms with van der Waals surface area (Å²) in [5.41, 5.74) is 2.17. The van der Waals surface area contributed by atoms with Crippen LogP contribution in [0.3, 0.4) is 0 Å². The lowest BCUT2D eigenvalue weighted by Crippen LogP contribution is -2.09. The molecule has 0 aliphatic heterocycles. The van der Waals surface area contributed by atoms with E-state index in [-0.39, 0.29) is 5.92 Å². The van der Waals surface area contributed by atoms with E-state index in [9.17, 15) is 9.90 Å². The molecular weight excluding hydrogens is 262 g/mol. The molecule has 1 N–H and O–H groups in total. The van der Waals surface area contributed by atoms with Crippen molar-refractivity contribution in [3.63, 3.8) is 0 Å². The van der Waals surface area contributed by atoms with E-state index in [1.54, 1.807) is 6.07 Å². The number of benzene rings is 1. The van der Waals surface area contributed by atoms with Crippen molar-refractivity contribution in [3.05, 3.63) is 58.4 Å². The number of rotatable bonds is 4. The molecule has 1 aromatic heterocycles. The Balaban J connectivity index is 2.41. The molecule has 0 bridgehead atoms. The average Bonchev–Trinajstić information content (AvgIpc) is 2.76. The van der Waals surface area contributed by atoms with Gasteiger partial charge in [-0.25, -0.2) is 4.79 Å². The number of aromatic nitrogens is 1. The van der Waals surface area contributed by atoms with E-state index in [1.807, 2.05) is 48.9 Å². The summed E-state index contributed by atoms with van der Waals surface area (Å²) in [4.78, 5) is 11.2. The molecule has 0 aliphatic rings. The number of aromatic carboxylic acids is 1. The van der Waals surface area contributed by atoms with Crippen molar-refractivity contribution in [1.29, 1.82) is 0 Å². The summed E-state index contributed by atoms with van der Waals surface area (Å²) in [7, 11) is 0. The second-order valence-corrected chi connectivity index (χ2v) is 5.20. The minimum Gasteiger partial charge on any atom is -0.478 e. The highest BCUT2D eigenvalue weighted by atomic mass is 35.5. The molecule has 3 nitrogen and oxygen atoms in total. The molecule has 1 aromatic carbocycles. The predicted octanol–water partition coefficient (Wildman–Crippen LogP) is 4.01. The molecule has 0 unspecified atom stereocenters. The molecule has 100 valence electrons. The van der Waals surface area contributed by atoms with Gasteiger partial charge in [-0.2, -0.15) is 0 Å². The van der Waals surface area contributed by atoms with Gasteiger partial charge in [0.25, 0.3) is 0 Å². The minimum absolute atomic E-state index is 0.142. The van der Waals surface area contributed by atoms with E-state index in [1.165, 1.54) is 0 Å². The summed E-state index contributed by atoms with van der Waals surface area (Å²) in [5, 5.41) is 9.91. The van der Waals surface area contributed by atoms with Crippen molar-refractivity contribution in [3.8, 4) is 0 Å². The zero-order valence-corrected chi connectivity index (χ0v) is 11.7. The normalized spacial score (nSPS) is 10.9. The van der Waals surface area contributed by atoms with Crippen LogP contribution in [0.5, 0.6) is 0 Å². The lowest BCUT2D eigenvalue weighted by molar-refractivity contribution is 0.0695. The van der Waals surface area contributed by atoms with Gasteiger partial charge in [-0.1, -0.05) is 43.6 Å². The molecule has 0 saturated heterocycles. The maximum Gasteiger partial charge on any atom is 0.337 e. The molecule has 0 fully saturated rings. The van der Waals surface area contributed by atoms with E-state index in [4.69, 9.17) is 11.6 Å². The lowest BCUT2D eigenvalue weighted by atomic mass is 10.1. The van der Waals surface area contributed by atoms with Crippen LogP contribution >= 0.6 is 11.6 Å². The molecular formula is C15H16ClNO2. The zero-order chi connectivity index (χ0) is 14.0. The van der Waals surface area contributed by atoms with Crippen molar-refractivity contribution in [2.75, 3.05) is 0 Å². The number of carboxylic acid groups (broad SMARTS) is 1. The monoisotopic (exact) mass is 277 g/mol. The Labute approximate surface area is 117 Å². The fourth-order valence-electron chi connectivity index (χ4n) is 2.26. The first-order valence-electron chi connectivity index (χ1n) is 6.16. The van der Waals surface area contributed by atoms with Crippen molar-refractivity contribution in [2.45, 2.75) is 26.3 Å². The van der Waals surface area contributed by atoms with Gasteiger partial charge in [-0.3, -0.25) is 0 Å². The van der Waals surface area contributed by atoms with E-state index < -0.39 is 5.97 Å². The third kappa shape index (κ3) is 2.82. The molecule has 0 saturated carbocycles. The summed E-state index contributed by atoms with van der Waals surface area (Å²) >= 11 is 6.15. The van der Waals surface area contributed by atoms with Crippen LogP contribution in [0.4, 0.5) is 0 Å². The molecule has 0 spiro atoms. The van der Waals surface area contributed by atoms with Gasteiger partial charge in [0.15, 0.2) is 0 Å². The Morgan fingerprint density at radius 3 is 2.58 bits per heavy atom. The van der Waals surface area contributed by atoms with Crippen molar-refractivity contribution >= 4 is 17.6 Å². The molecule has 0 radical (unpaired) electrons. The number of carbonyl (C=O) groups is 1. The Morgan fingerprint density at radius 1 is 1.32 bits per heavy atom. The Kier molecular flexibility index (Phi) is 3.96. The highest BCUT2D eigenvalue weighted by molar-refractivity contribution is 6.31. The van der Waals surface area contributed by atoms with Crippen LogP contribution in [0.1, 0.15) is 41.4 Å². The van der Waals surface area contributed by atoms with Crippen molar-refractivity contribution in [2.24, 2.45) is 0 Å². The van der Waals surface area contributed by atoms with Gasteiger partial charge in [-0.15, -0.1) is 0 Å². The van der Waals surface area contributed by atoms with Gasteiger partial charge < -0.3 is 9.67 Å². The van der Waals surface area contributed by atoms with Gasteiger partial charge in [0.1, 0.15) is 0 Å². The molecule has 1 heterocycles. The number of hydrogen-bond acceptors (Lipinski definition) is 1. The summed E-state index contributed by atoms with van der Waals surface area (Å²) in [5.74, 6) is -0.745. The second-order valence-electron chi connectivity index (χ2n) is 4.79. The van der Waals surface area contributed by atoms with Crippen molar-refractivity contribution in [1.82, 2.24) is 4.57 Å². The second kappa shape index (κ2) is 5.49. The van der Waals surface area contributed by atoms with Crippen LogP contribution in [0, 0.1) is 0 Å². The summed E-state index contributed by atoms with van der Waals surface area (Å²) in [6.45, 7) is 4.57. The van der Waals surface area contributed by atoms with Crippen LogP contribution < -0.4 is 0 Å². The fourth-order valence-corrected chi connectivity index (χ4v) is 2.45. The third-order valence-corrected chi connectivity index (χ3v) is 3.45. The molecule has 0 amide bonds. The largest absolute Gasteiger partial charge is 0.478 e.